The summed E-state index contributed by atoms with van der Waals surface area (Å²) in [6, 6.07) is 9.88. The SMILES string of the molecule is CN=C(NCCOC)NCCS(=O)Cc1ccccc1.I. The van der Waals surface area contributed by atoms with Gasteiger partial charge in [0.25, 0.3) is 0 Å². The van der Waals surface area contributed by atoms with Crippen LogP contribution in [-0.4, -0.2) is 49.8 Å². The van der Waals surface area contributed by atoms with E-state index in [1.165, 1.54) is 0 Å². The fourth-order valence-electron chi connectivity index (χ4n) is 1.61. The molecule has 5 nitrogen and oxygen atoms in total. The minimum atomic E-state index is -0.867. The second-order valence-corrected chi connectivity index (χ2v) is 5.77. The van der Waals surface area contributed by atoms with E-state index in [1.54, 1.807) is 14.2 Å². The monoisotopic (exact) mass is 425 g/mol. The molecule has 1 aromatic carbocycles. The Morgan fingerprint density at radius 3 is 2.52 bits per heavy atom. The number of rotatable bonds is 8. The van der Waals surface area contributed by atoms with E-state index in [2.05, 4.69) is 15.6 Å². The number of methoxy groups -OCH3 is 1. The van der Waals surface area contributed by atoms with Crippen molar-refractivity contribution in [1.82, 2.24) is 10.6 Å². The lowest BCUT2D eigenvalue weighted by molar-refractivity contribution is 0.203. The van der Waals surface area contributed by atoms with Crippen molar-refractivity contribution in [1.29, 1.82) is 0 Å². The van der Waals surface area contributed by atoms with Crippen molar-refractivity contribution in [3.63, 3.8) is 0 Å². The largest absolute Gasteiger partial charge is 0.383 e. The molecule has 0 heterocycles. The highest BCUT2D eigenvalue weighted by Crippen LogP contribution is 2.02. The molecule has 0 radical (unpaired) electrons. The van der Waals surface area contributed by atoms with Crippen molar-refractivity contribution in [2.45, 2.75) is 5.75 Å². The molecule has 0 spiro atoms. The Balaban J connectivity index is 0.00000400. The lowest BCUT2D eigenvalue weighted by atomic mass is 10.2. The third-order valence-corrected chi connectivity index (χ3v) is 3.93. The average Bonchev–Trinajstić information content (AvgIpc) is 2.47. The van der Waals surface area contributed by atoms with Gasteiger partial charge in [-0.3, -0.25) is 9.20 Å². The van der Waals surface area contributed by atoms with E-state index in [-0.39, 0.29) is 24.0 Å². The maximum atomic E-state index is 11.9. The van der Waals surface area contributed by atoms with Crippen LogP contribution in [-0.2, 0) is 21.3 Å². The van der Waals surface area contributed by atoms with E-state index in [0.29, 0.717) is 37.2 Å². The lowest BCUT2D eigenvalue weighted by Crippen LogP contribution is -2.40. The number of nitrogens with one attached hydrogen (secondary N) is 2. The van der Waals surface area contributed by atoms with Crippen LogP contribution in [0.4, 0.5) is 0 Å². The molecule has 0 aliphatic rings. The van der Waals surface area contributed by atoms with Gasteiger partial charge in [0, 0.05) is 49.6 Å². The minimum Gasteiger partial charge on any atom is -0.383 e. The van der Waals surface area contributed by atoms with Gasteiger partial charge in [-0.25, -0.2) is 0 Å². The molecule has 0 aliphatic carbocycles. The van der Waals surface area contributed by atoms with Crippen LogP contribution in [0, 0.1) is 0 Å². The maximum Gasteiger partial charge on any atom is 0.191 e. The van der Waals surface area contributed by atoms with Crippen molar-refractivity contribution in [2.75, 3.05) is 39.6 Å². The second-order valence-electron chi connectivity index (χ2n) is 4.19. The first-order chi connectivity index (χ1) is 9.76. The Labute approximate surface area is 146 Å². The highest BCUT2D eigenvalue weighted by atomic mass is 127. The first-order valence-electron chi connectivity index (χ1n) is 6.58. The van der Waals surface area contributed by atoms with E-state index in [1.807, 2.05) is 30.3 Å². The summed E-state index contributed by atoms with van der Waals surface area (Å²) < 4.78 is 16.9. The van der Waals surface area contributed by atoms with Gasteiger partial charge in [-0.15, -0.1) is 24.0 Å². The lowest BCUT2D eigenvalue weighted by Gasteiger charge is -2.11. The molecule has 0 amide bonds. The summed E-state index contributed by atoms with van der Waals surface area (Å²) in [5.74, 6) is 1.90. The van der Waals surface area contributed by atoms with Crippen LogP contribution >= 0.6 is 24.0 Å². The summed E-state index contributed by atoms with van der Waals surface area (Å²) >= 11 is 0. The van der Waals surface area contributed by atoms with Crippen molar-refractivity contribution in [3.05, 3.63) is 35.9 Å². The molecule has 2 N–H and O–H groups in total. The van der Waals surface area contributed by atoms with E-state index >= 15 is 0 Å². The number of halogens is 1. The highest BCUT2D eigenvalue weighted by molar-refractivity contribution is 14.0. The molecule has 0 aromatic heterocycles. The normalized spacial score (nSPS) is 12.4. The van der Waals surface area contributed by atoms with Crippen LogP contribution in [0.2, 0.25) is 0 Å². The summed E-state index contributed by atoms with van der Waals surface area (Å²) in [4.78, 5) is 4.08. The molecule has 21 heavy (non-hydrogen) atoms. The van der Waals surface area contributed by atoms with Crippen molar-refractivity contribution in [2.24, 2.45) is 4.99 Å². The van der Waals surface area contributed by atoms with E-state index < -0.39 is 10.8 Å². The standard InChI is InChI=1S/C14H23N3O2S.HI/c1-15-14(16-8-10-19-2)17-9-11-20(18)12-13-6-4-3-5-7-13;/h3-7H,8-12H2,1-2H3,(H2,15,16,17);1H. The van der Waals surface area contributed by atoms with Gasteiger partial charge in [0.15, 0.2) is 5.96 Å². The van der Waals surface area contributed by atoms with Crippen molar-refractivity contribution < 1.29 is 8.95 Å². The first kappa shape index (κ1) is 20.3. The molecule has 0 bridgehead atoms. The smallest absolute Gasteiger partial charge is 0.191 e. The van der Waals surface area contributed by atoms with Crippen LogP contribution < -0.4 is 10.6 Å². The van der Waals surface area contributed by atoms with Gasteiger partial charge in [0.05, 0.1) is 6.61 Å². The van der Waals surface area contributed by atoms with Crippen molar-refractivity contribution in [3.8, 4) is 0 Å². The third kappa shape index (κ3) is 9.81. The second kappa shape index (κ2) is 13.0. The number of aliphatic imine (C=N–C) groups is 1. The van der Waals surface area contributed by atoms with Crippen LogP contribution in [0.3, 0.4) is 0 Å². The molecular formula is C14H24IN3O2S. The van der Waals surface area contributed by atoms with E-state index in [9.17, 15) is 4.21 Å². The van der Waals surface area contributed by atoms with Gasteiger partial charge >= 0.3 is 0 Å². The molecule has 1 aromatic rings. The Hall–Kier alpha value is -0.670. The van der Waals surface area contributed by atoms with Crippen LogP contribution in [0.15, 0.2) is 35.3 Å². The number of ether oxygens (including phenoxy) is 1. The predicted octanol–water partition coefficient (Wildman–Crippen LogP) is 1.36. The Morgan fingerprint density at radius 1 is 1.24 bits per heavy atom. The average molecular weight is 425 g/mol. The molecule has 1 unspecified atom stereocenters. The van der Waals surface area contributed by atoms with Gasteiger partial charge in [0.2, 0.25) is 0 Å². The van der Waals surface area contributed by atoms with Crippen LogP contribution in [0.25, 0.3) is 0 Å². The fourth-order valence-corrected chi connectivity index (χ4v) is 2.65. The molecule has 1 atom stereocenters. The van der Waals surface area contributed by atoms with Gasteiger partial charge in [-0.1, -0.05) is 30.3 Å². The molecule has 1 rings (SSSR count). The first-order valence-corrected chi connectivity index (χ1v) is 8.07. The van der Waals surface area contributed by atoms with Gasteiger partial charge < -0.3 is 15.4 Å². The number of nitrogens with zero attached hydrogens (tertiary/aromatic N) is 1. The van der Waals surface area contributed by atoms with Crippen LogP contribution in [0.5, 0.6) is 0 Å². The highest BCUT2D eigenvalue weighted by Gasteiger charge is 2.02. The van der Waals surface area contributed by atoms with Gasteiger partial charge in [0.1, 0.15) is 0 Å². The molecule has 0 aliphatic heterocycles. The molecular weight excluding hydrogens is 401 g/mol. The van der Waals surface area contributed by atoms with Gasteiger partial charge in [-0.05, 0) is 5.56 Å². The summed E-state index contributed by atoms with van der Waals surface area (Å²) in [5, 5.41) is 6.24. The van der Waals surface area contributed by atoms with E-state index in [4.69, 9.17) is 4.74 Å². The summed E-state index contributed by atoms with van der Waals surface area (Å²) in [6.45, 7) is 1.95. The van der Waals surface area contributed by atoms with Crippen LogP contribution in [0.1, 0.15) is 5.56 Å². The van der Waals surface area contributed by atoms with E-state index in [0.717, 1.165) is 5.56 Å². The molecule has 0 fully saturated rings. The quantitative estimate of drug-likeness (QED) is 0.286. The topological polar surface area (TPSA) is 62.7 Å². The predicted molar refractivity (Wildman–Crippen MR) is 99.8 cm³/mol. The maximum absolute atomic E-state index is 11.9. The number of guanidine groups is 1. The van der Waals surface area contributed by atoms with Crippen molar-refractivity contribution >= 4 is 40.7 Å². The molecule has 0 saturated carbocycles. The minimum absolute atomic E-state index is 0. The zero-order valence-electron chi connectivity index (χ0n) is 12.5. The zero-order valence-corrected chi connectivity index (χ0v) is 15.6. The molecule has 7 heteroatoms. The third-order valence-electron chi connectivity index (χ3n) is 2.61. The van der Waals surface area contributed by atoms with Gasteiger partial charge in [-0.2, -0.15) is 0 Å². The molecule has 0 saturated heterocycles. The summed E-state index contributed by atoms with van der Waals surface area (Å²) in [5.41, 5.74) is 1.11. The number of hydrogen-bond donors (Lipinski definition) is 2. The molecule has 120 valence electrons. The summed E-state index contributed by atoms with van der Waals surface area (Å²) in [6.07, 6.45) is 0. The zero-order chi connectivity index (χ0) is 14.6. The fraction of sp³-hybridized carbons (Fsp3) is 0.500. The number of benzene rings is 1. The Kier molecular flexibility index (Phi) is 12.6. The number of hydrogen-bond acceptors (Lipinski definition) is 3. The Bertz CT molecular complexity index is 429. The Morgan fingerprint density at radius 2 is 1.90 bits per heavy atom. The summed E-state index contributed by atoms with van der Waals surface area (Å²) in [7, 11) is 2.50.